The van der Waals surface area contributed by atoms with E-state index >= 15 is 0 Å². The van der Waals surface area contributed by atoms with Crippen molar-refractivity contribution < 1.29 is 26.3 Å². The van der Waals surface area contributed by atoms with Gasteiger partial charge in [-0.15, -0.1) is 0 Å². The lowest BCUT2D eigenvalue weighted by Gasteiger charge is -2.12. The zero-order valence-electron chi connectivity index (χ0n) is 13.4. The number of halogens is 3. The molecule has 0 saturated carbocycles. The first-order chi connectivity index (χ1) is 11.7. The highest BCUT2D eigenvalue weighted by molar-refractivity contribution is 7.89. The van der Waals surface area contributed by atoms with Gasteiger partial charge in [0.1, 0.15) is 5.75 Å². The van der Waals surface area contributed by atoms with Gasteiger partial charge in [-0.1, -0.05) is 19.1 Å². The average molecular weight is 374 g/mol. The Balaban J connectivity index is 2.19. The maximum atomic E-state index is 12.8. The average Bonchev–Trinajstić information content (AvgIpc) is 2.53. The van der Waals surface area contributed by atoms with Gasteiger partial charge in [0.05, 0.1) is 11.3 Å². The maximum Gasteiger partial charge on any atom is 0.416 e. The van der Waals surface area contributed by atoms with Gasteiger partial charge in [-0.2, -0.15) is 13.2 Å². The molecule has 0 spiro atoms. The first-order valence-electron chi connectivity index (χ1n) is 7.47. The van der Waals surface area contributed by atoms with Crippen molar-refractivity contribution in [2.45, 2.75) is 26.1 Å². The first-order valence-corrected chi connectivity index (χ1v) is 9.13. The van der Waals surface area contributed by atoms with Crippen molar-refractivity contribution in [3.63, 3.8) is 0 Å². The van der Waals surface area contributed by atoms with Gasteiger partial charge in [-0.05, 0) is 30.7 Å². The molecule has 136 valence electrons. The molecule has 1 N–H and O–H groups in total. The molecule has 25 heavy (non-hydrogen) atoms. The fraction of sp³-hybridized carbons (Fsp3) is 0.312. The van der Waals surface area contributed by atoms with Crippen LogP contribution in [0.2, 0.25) is 0 Å². The molecule has 0 aliphatic carbocycles. The molecule has 9 heteroatoms. The van der Waals surface area contributed by atoms with Crippen LogP contribution in [0.5, 0.6) is 11.6 Å². The molecule has 0 atom stereocenters. The summed E-state index contributed by atoms with van der Waals surface area (Å²) in [6.45, 7) is 1.68. The molecule has 0 bridgehead atoms. The number of hydrogen-bond acceptors (Lipinski definition) is 4. The van der Waals surface area contributed by atoms with Crippen molar-refractivity contribution in [1.29, 1.82) is 0 Å². The van der Waals surface area contributed by atoms with Crippen molar-refractivity contribution in [2.75, 3.05) is 5.75 Å². The number of nitrogens with one attached hydrogen (secondary N) is 1. The van der Waals surface area contributed by atoms with E-state index in [9.17, 15) is 21.6 Å². The molecule has 0 aliphatic heterocycles. The zero-order chi connectivity index (χ0) is 18.5. The summed E-state index contributed by atoms with van der Waals surface area (Å²) in [5.74, 6) is -0.0101. The van der Waals surface area contributed by atoms with Gasteiger partial charge in [0.15, 0.2) is 0 Å². The summed E-state index contributed by atoms with van der Waals surface area (Å²) in [5.41, 5.74) is -0.425. The van der Waals surface area contributed by atoms with Crippen LogP contribution >= 0.6 is 0 Å². The van der Waals surface area contributed by atoms with E-state index in [0.717, 1.165) is 12.1 Å². The van der Waals surface area contributed by atoms with Gasteiger partial charge < -0.3 is 4.74 Å². The normalized spacial score (nSPS) is 12.2. The van der Waals surface area contributed by atoms with Gasteiger partial charge in [0, 0.05) is 18.3 Å². The molecule has 0 saturated heterocycles. The van der Waals surface area contributed by atoms with Crippen LogP contribution in [-0.4, -0.2) is 19.2 Å². The van der Waals surface area contributed by atoms with E-state index in [4.69, 9.17) is 4.74 Å². The highest BCUT2D eigenvalue weighted by Gasteiger charge is 2.30. The van der Waals surface area contributed by atoms with Crippen molar-refractivity contribution in [2.24, 2.45) is 0 Å². The Labute approximate surface area is 143 Å². The van der Waals surface area contributed by atoms with Gasteiger partial charge in [-0.3, -0.25) is 0 Å². The quantitative estimate of drug-likeness (QED) is 0.802. The number of alkyl halides is 3. The second-order valence-electron chi connectivity index (χ2n) is 5.24. The van der Waals surface area contributed by atoms with E-state index < -0.39 is 21.8 Å². The van der Waals surface area contributed by atoms with E-state index in [0.29, 0.717) is 12.0 Å². The fourth-order valence-corrected chi connectivity index (χ4v) is 3.08. The number of pyridine rings is 1. The molecule has 2 rings (SSSR count). The molecular weight excluding hydrogens is 357 g/mol. The molecule has 5 nitrogen and oxygen atoms in total. The van der Waals surface area contributed by atoms with Crippen molar-refractivity contribution in [3.8, 4) is 11.6 Å². The van der Waals surface area contributed by atoms with Crippen LogP contribution in [0.4, 0.5) is 13.2 Å². The Morgan fingerprint density at radius 1 is 1.20 bits per heavy atom. The molecular formula is C16H17F3N2O3S. The summed E-state index contributed by atoms with van der Waals surface area (Å²) in [6.07, 6.45) is -2.61. The van der Waals surface area contributed by atoms with Gasteiger partial charge in [0.25, 0.3) is 0 Å². The molecule has 0 radical (unpaired) electrons. The number of benzene rings is 1. The molecule has 0 fully saturated rings. The molecule has 1 aromatic carbocycles. The lowest BCUT2D eigenvalue weighted by molar-refractivity contribution is -0.137. The molecule has 1 aromatic heterocycles. The summed E-state index contributed by atoms with van der Waals surface area (Å²) in [7, 11) is -3.43. The standard InChI is InChI=1S/C16H17F3N2O3S/c1-2-9-25(22,23)21-11-12-5-4-8-20-15(12)24-14-7-3-6-13(10-14)16(17,18)19/h3-8,10,21H,2,9,11H2,1H3. The van der Waals surface area contributed by atoms with Crippen LogP contribution in [0.25, 0.3) is 0 Å². The van der Waals surface area contributed by atoms with E-state index in [-0.39, 0.29) is 23.9 Å². The van der Waals surface area contributed by atoms with Crippen molar-refractivity contribution in [3.05, 3.63) is 53.7 Å². The van der Waals surface area contributed by atoms with Crippen LogP contribution in [0.15, 0.2) is 42.6 Å². The summed E-state index contributed by atoms with van der Waals surface area (Å²) in [5, 5.41) is 0. The maximum absolute atomic E-state index is 12.8. The first kappa shape index (κ1) is 19.2. The number of aromatic nitrogens is 1. The summed E-state index contributed by atoms with van der Waals surface area (Å²) in [4.78, 5) is 3.97. The van der Waals surface area contributed by atoms with Gasteiger partial charge >= 0.3 is 6.18 Å². The topological polar surface area (TPSA) is 68.3 Å². The van der Waals surface area contributed by atoms with Crippen LogP contribution < -0.4 is 9.46 Å². The van der Waals surface area contributed by atoms with E-state index in [1.54, 1.807) is 19.1 Å². The summed E-state index contributed by atoms with van der Waals surface area (Å²) >= 11 is 0. The Morgan fingerprint density at radius 3 is 2.64 bits per heavy atom. The Morgan fingerprint density at radius 2 is 1.96 bits per heavy atom. The van der Waals surface area contributed by atoms with E-state index in [2.05, 4.69) is 9.71 Å². The number of nitrogens with zero attached hydrogens (tertiary/aromatic N) is 1. The molecule has 0 amide bonds. The second-order valence-corrected chi connectivity index (χ2v) is 7.16. The molecule has 0 aliphatic rings. The number of sulfonamides is 1. The van der Waals surface area contributed by atoms with E-state index in [1.165, 1.54) is 18.3 Å². The van der Waals surface area contributed by atoms with Crippen molar-refractivity contribution >= 4 is 10.0 Å². The molecule has 0 unspecified atom stereocenters. The minimum Gasteiger partial charge on any atom is -0.439 e. The third-order valence-corrected chi connectivity index (χ3v) is 4.71. The minimum absolute atomic E-state index is 0.0168. The van der Waals surface area contributed by atoms with Gasteiger partial charge in [0.2, 0.25) is 15.9 Å². The number of rotatable bonds is 7. The summed E-state index contributed by atoms with van der Waals surface area (Å²) < 4.78 is 69.6. The SMILES string of the molecule is CCCS(=O)(=O)NCc1cccnc1Oc1cccc(C(F)(F)F)c1. The Kier molecular flexibility index (Phi) is 6.02. The highest BCUT2D eigenvalue weighted by Crippen LogP contribution is 2.32. The second kappa shape index (κ2) is 7.83. The van der Waals surface area contributed by atoms with E-state index in [1.807, 2.05) is 0 Å². The zero-order valence-corrected chi connectivity index (χ0v) is 14.2. The number of ether oxygens (including phenoxy) is 1. The highest BCUT2D eigenvalue weighted by atomic mass is 32.2. The monoisotopic (exact) mass is 374 g/mol. The third kappa shape index (κ3) is 5.71. The molecule has 1 heterocycles. The van der Waals surface area contributed by atoms with Crippen LogP contribution in [0.3, 0.4) is 0 Å². The lowest BCUT2D eigenvalue weighted by Crippen LogP contribution is -2.25. The third-order valence-electron chi connectivity index (χ3n) is 3.18. The fourth-order valence-electron chi connectivity index (χ4n) is 2.03. The number of hydrogen-bond donors (Lipinski definition) is 1. The predicted molar refractivity (Wildman–Crippen MR) is 86.7 cm³/mol. The minimum atomic E-state index is -4.48. The smallest absolute Gasteiger partial charge is 0.416 e. The Hall–Kier alpha value is -2.13. The Bertz CT molecular complexity index is 823. The summed E-state index contributed by atoms with van der Waals surface area (Å²) in [6, 6.07) is 7.57. The largest absolute Gasteiger partial charge is 0.439 e. The van der Waals surface area contributed by atoms with Gasteiger partial charge in [-0.25, -0.2) is 18.1 Å². The van der Waals surface area contributed by atoms with Crippen molar-refractivity contribution in [1.82, 2.24) is 9.71 Å². The molecule has 2 aromatic rings. The lowest BCUT2D eigenvalue weighted by atomic mass is 10.2. The van der Waals surface area contributed by atoms with Crippen LogP contribution in [0.1, 0.15) is 24.5 Å². The predicted octanol–water partition coefficient (Wildman–Crippen LogP) is 3.72. The van der Waals surface area contributed by atoms with Crippen LogP contribution in [-0.2, 0) is 22.7 Å². The van der Waals surface area contributed by atoms with Crippen LogP contribution in [0, 0.1) is 0 Å².